The maximum atomic E-state index is 13.5. The molecule has 0 aliphatic heterocycles. The van der Waals surface area contributed by atoms with Gasteiger partial charge in [-0.15, -0.1) is 0 Å². The lowest BCUT2D eigenvalue weighted by Gasteiger charge is -2.24. The summed E-state index contributed by atoms with van der Waals surface area (Å²) in [7, 11) is 0. The van der Waals surface area contributed by atoms with Crippen molar-refractivity contribution in [2.45, 2.75) is 27.7 Å². The number of ketones is 2. The molecule has 3 rings (SSSR count). The first kappa shape index (κ1) is 26.5. The van der Waals surface area contributed by atoms with Crippen LogP contribution in [0.1, 0.15) is 59.5 Å². The first-order valence-corrected chi connectivity index (χ1v) is 11.5. The minimum atomic E-state index is -0.640. The van der Waals surface area contributed by atoms with Gasteiger partial charge in [-0.05, 0) is 45.9 Å². The predicted octanol–water partition coefficient (Wildman–Crippen LogP) is 3.70. The second-order valence-electron chi connectivity index (χ2n) is 9.42. The number of aromatic hydroxyl groups is 1. The summed E-state index contributed by atoms with van der Waals surface area (Å²) in [6.45, 7) is 10.8. The van der Waals surface area contributed by atoms with Gasteiger partial charge in [0.05, 0.1) is 22.1 Å². The van der Waals surface area contributed by atoms with Crippen LogP contribution in [-0.2, 0) is 19.1 Å². The van der Waals surface area contributed by atoms with E-state index in [-0.39, 0.29) is 65.8 Å². The van der Waals surface area contributed by atoms with Gasteiger partial charge in [-0.2, -0.15) is 0 Å². The minimum Gasteiger partial charge on any atom is -0.507 e. The highest BCUT2D eigenvalue weighted by Crippen LogP contribution is 2.39. The summed E-state index contributed by atoms with van der Waals surface area (Å²) in [5.41, 5.74) is 0.645. The molecule has 0 heterocycles. The number of fused-ring (bicyclic) bond motifs is 2. The summed E-state index contributed by atoms with van der Waals surface area (Å²) in [5.74, 6) is -2.11. The van der Waals surface area contributed by atoms with Crippen molar-refractivity contribution in [1.29, 1.82) is 0 Å². The molecule has 190 valence electrons. The highest BCUT2D eigenvalue weighted by Gasteiger charge is 2.35. The fraction of sp³-hybridized carbons (Fsp3) is 0.333. The quantitative estimate of drug-likeness (QED) is 0.231. The second kappa shape index (κ2) is 10.6. The predicted molar refractivity (Wildman–Crippen MR) is 135 cm³/mol. The van der Waals surface area contributed by atoms with Gasteiger partial charge in [0.2, 0.25) is 0 Å². The standard InChI is InChI=1S/C27H30N2O7/c1-15(2)25(33)35-13-11-28-18-10-9-17(29-12-14-36-26(34)27(3,4)5)21-22(18)24(32)20-16(23(21)31)7-6-8-19(20)30/h6-10,28-30H,1,11-14H2,2-5H3. The van der Waals surface area contributed by atoms with Gasteiger partial charge in [-0.3, -0.25) is 14.4 Å². The van der Waals surface area contributed by atoms with E-state index in [9.17, 15) is 24.3 Å². The van der Waals surface area contributed by atoms with Crippen LogP contribution in [0.3, 0.4) is 0 Å². The Morgan fingerprint density at radius 1 is 0.889 bits per heavy atom. The molecule has 2 aromatic carbocycles. The van der Waals surface area contributed by atoms with E-state index in [1.807, 2.05) is 0 Å². The Kier molecular flexibility index (Phi) is 7.82. The summed E-state index contributed by atoms with van der Waals surface area (Å²) < 4.78 is 10.3. The van der Waals surface area contributed by atoms with E-state index in [4.69, 9.17) is 9.47 Å². The molecule has 0 saturated carbocycles. The first-order chi connectivity index (χ1) is 16.9. The summed E-state index contributed by atoms with van der Waals surface area (Å²) in [5, 5.41) is 16.4. The highest BCUT2D eigenvalue weighted by atomic mass is 16.5. The third-order valence-electron chi connectivity index (χ3n) is 5.44. The van der Waals surface area contributed by atoms with Crippen molar-refractivity contribution >= 4 is 34.9 Å². The lowest BCUT2D eigenvalue weighted by molar-refractivity contribution is -0.152. The third kappa shape index (κ3) is 5.56. The number of carbonyl (C=O) groups excluding carboxylic acids is 4. The summed E-state index contributed by atoms with van der Waals surface area (Å²) in [6.07, 6.45) is 0. The van der Waals surface area contributed by atoms with Crippen molar-refractivity contribution in [3.05, 3.63) is 64.7 Å². The Morgan fingerprint density at radius 3 is 2.00 bits per heavy atom. The fourth-order valence-electron chi connectivity index (χ4n) is 3.60. The molecular formula is C27H30N2O7. The van der Waals surface area contributed by atoms with Crippen molar-refractivity contribution < 1.29 is 33.8 Å². The van der Waals surface area contributed by atoms with Crippen molar-refractivity contribution in [3.8, 4) is 5.75 Å². The first-order valence-electron chi connectivity index (χ1n) is 11.5. The van der Waals surface area contributed by atoms with Crippen LogP contribution in [0, 0.1) is 5.41 Å². The number of benzene rings is 2. The molecule has 9 heteroatoms. The number of phenols is 1. The van der Waals surface area contributed by atoms with E-state index in [0.717, 1.165) is 0 Å². The molecule has 0 unspecified atom stereocenters. The Hall–Kier alpha value is -4.14. The maximum Gasteiger partial charge on any atom is 0.333 e. The van der Waals surface area contributed by atoms with Crippen molar-refractivity contribution in [2.24, 2.45) is 5.41 Å². The van der Waals surface area contributed by atoms with Crippen LogP contribution in [0.4, 0.5) is 11.4 Å². The molecule has 1 aliphatic rings. The molecule has 0 amide bonds. The monoisotopic (exact) mass is 494 g/mol. The molecular weight excluding hydrogens is 464 g/mol. The zero-order chi connectivity index (χ0) is 26.6. The molecule has 9 nitrogen and oxygen atoms in total. The molecule has 0 radical (unpaired) electrons. The zero-order valence-corrected chi connectivity index (χ0v) is 20.8. The van der Waals surface area contributed by atoms with Crippen molar-refractivity contribution in [2.75, 3.05) is 36.9 Å². The van der Waals surface area contributed by atoms with E-state index < -0.39 is 23.0 Å². The molecule has 0 spiro atoms. The maximum absolute atomic E-state index is 13.5. The van der Waals surface area contributed by atoms with E-state index in [1.54, 1.807) is 32.9 Å². The number of carbonyl (C=O) groups is 4. The molecule has 0 bridgehead atoms. The highest BCUT2D eigenvalue weighted by molar-refractivity contribution is 6.32. The number of nitrogens with one attached hydrogen (secondary N) is 2. The molecule has 0 saturated heterocycles. The van der Waals surface area contributed by atoms with Crippen molar-refractivity contribution in [1.82, 2.24) is 0 Å². The topological polar surface area (TPSA) is 131 Å². The van der Waals surface area contributed by atoms with Gasteiger partial charge in [0.25, 0.3) is 0 Å². The van der Waals surface area contributed by atoms with Gasteiger partial charge in [-0.25, -0.2) is 4.79 Å². The van der Waals surface area contributed by atoms with Gasteiger partial charge in [0, 0.05) is 35.6 Å². The average molecular weight is 495 g/mol. The van der Waals surface area contributed by atoms with Crippen molar-refractivity contribution in [3.63, 3.8) is 0 Å². The van der Waals surface area contributed by atoms with Crippen LogP contribution in [0.15, 0.2) is 42.5 Å². The lowest BCUT2D eigenvalue weighted by atomic mass is 9.81. The van der Waals surface area contributed by atoms with E-state index in [2.05, 4.69) is 17.2 Å². The van der Waals surface area contributed by atoms with E-state index in [0.29, 0.717) is 11.4 Å². The Balaban J connectivity index is 1.88. The fourth-order valence-corrected chi connectivity index (χ4v) is 3.60. The summed E-state index contributed by atoms with van der Waals surface area (Å²) >= 11 is 0. The molecule has 0 fully saturated rings. The zero-order valence-electron chi connectivity index (χ0n) is 20.8. The third-order valence-corrected chi connectivity index (χ3v) is 5.44. The Morgan fingerprint density at radius 2 is 1.44 bits per heavy atom. The summed E-state index contributed by atoms with van der Waals surface area (Å²) in [4.78, 5) is 50.5. The number of rotatable bonds is 9. The number of ether oxygens (including phenoxy) is 2. The average Bonchev–Trinajstić information content (AvgIpc) is 2.81. The molecule has 3 N–H and O–H groups in total. The van der Waals surface area contributed by atoms with E-state index in [1.165, 1.54) is 25.1 Å². The molecule has 36 heavy (non-hydrogen) atoms. The number of phenolic OH excluding ortho intramolecular Hbond substituents is 1. The molecule has 0 aromatic heterocycles. The van der Waals surface area contributed by atoms with E-state index >= 15 is 0 Å². The van der Waals surface area contributed by atoms with Gasteiger partial charge < -0.3 is 25.2 Å². The number of hydrogen-bond acceptors (Lipinski definition) is 9. The second-order valence-corrected chi connectivity index (χ2v) is 9.42. The largest absolute Gasteiger partial charge is 0.507 e. The molecule has 1 aliphatic carbocycles. The normalized spacial score (nSPS) is 12.3. The van der Waals surface area contributed by atoms with Crippen LogP contribution < -0.4 is 10.6 Å². The van der Waals surface area contributed by atoms with Crippen LogP contribution in [0.2, 0.25) is 0 Å². The Bertz CT molecular complexity index is 1240. The van der Waals surface area contributed by atoms with Crippen LogP contribution >= 0.6 is 0 Å². The number of anilines is 2. The smallest absolute Gasteiger partial charge is 0.333 e. The number of esters is 2. The molecule has 2 aromatic rings. The van der Waals surface area contributed by atoms with Crippen LogP contribution in [0.5, 0.6) is 5.75 Å². The number of hydrogen-bond donors (Lipinski definition) is 3. The van der Waals surface area contributed by atoms with Gasteiger partial charge in [0.15, 0.2) is 11.6 Å². The minimum absolute atomic E-state index is 0.0174. The Labute approximate surface area is 209 Å². The van der Waals surface area contributed by atoms with Crippen LogP contribution in [-0.4, -0.2) is 54.9 Å². The van der Waals surface area contributed by atoms with Crippen LogP contribution in [0.25, 0.3) is 0 Å². The molecule has 0 atom stereocenters. The van der Waals surface area contributed by atoms with Gasteiger partial charge in [0.1, 0.15) is 19.0 Å². The van der Waals surface area contributed by atoms with Gasteiger partial charge >= 0.3 is 11.9 Å². The lowest BCUT2D eigenvalue weighted by Crippen LogP contribution is -2.27. The summed E-state index contributed by atoms with van der Waals surface area (Å²) in [6, 6.07) is 7.61. The SMILES string of the molecule is C=C(C)C(=O)OCCNc1ccc(NCCOC(=O)C(C)(C)C)c2c1C(=O)c1c(O)cccc1C2=O. The van der Waals surface area contributed by atoms with Gasteiger partial charge in [-0.1, -0.05) is 18.7 Å².